The molecular weight excluding hydrogens is 400 g/mol. The van der Waals surface area contributed by atoms with Gasteiger partial charge < -0.3 is 4.90 Å². The number of para-hydroxylation sites is 1. The lowest BCUT2D eigenvalue weighted by molar-refractivity contribution is -0.115. The van der Waals surface area contributed by atoms with E-state index in [9.17, 15) is 9.59 Å². The first-order valence-corrected chi connectivity index (χ1v) is 11.0. The summed E-state index contributed by atoms with van der Waals surface area (Å²) in [6.07, 6.45) is 1.91. The second kappa shape index (κ2) is 7.76. The van der Waals surface area contributed by atoms with E-state index < -0.39 is 0 Å². The summed E-state index contributed by atoms with van der Waals surface area (Å²) in [6, 6.07) is 13.5. The van der Waals surface area contributed by atoms with Crippen LogP contribution >= 0.6 is 24.0 Å². The van der Waals surface area contributed by atoms with E-state index in [4.69, 9.17) is 12.2 Å². The van der Waals surface area contributed by atoms with Crippen molar-refractivity contribution in [2.45, 2.75) is 33.6 Å². The highest BCUT2D eigenvalue weighted by molar-refractivity contribution is 8.27. The van der Waals surface area contributed by atoms with Crippen molar-refractivity contribution >= 4 is 57.1 Å². The number of nitrogens with zero attached hydrogens (tertiary/aromatic N) is 2. The summed E-state index contributed by atoms with van der Waals surface area (Å²) in [5.74, 6) is -0.328. The maximum Gasteiger partial charge on any atom is 0.271 e. The van der Waals surface area contributed by atoms with E-state index in [-0.39, 0.29) is 11.8 Å². The van der Waals surface area contributed by atoms with Crippen molar-refractivity contribution < 1.29 is 9.59 Å². The van der Waals surface area contributed by atoms with E-state index in [0.717, 1.165) is 40.9 Å². The first kappa shape index (κ1) is 19.9. The van der Waals surface area contributed by atoms with Crippen LogP contribution in [0.5, 0.6) is 0 Å². The Balaban J connectivity index is 1.82. The van der Waals surface area contributed by atoms with E-state index >= 15 is 0 Å². The normalized spacial score (nSPS) is 18.8. The first-order valence-electron chi connectivity index (χ1n) is 9.73. The minimum absolute atomic E-state index is 0.110. The summed E-state index contributed by atoms with van der Waals surface area (Å²) in [5, 5.41) is 0. The Morgan fingerprint density at radius 2 is 1.69 bits per heavy atom. The van der Waals surface area contributed by atoms with E-state index in [1.165, 1.54) is 11.8 Å². The molecule has 0 unspecified atom stereocenters. The lowest BCUT2D eigenvalue weighted by atomic mass is 10.1. The van der Waals surface area contributed by atoms with Crippen LogP contribution in [0.25, 0.3) is 5.57 Å². The predicted molar refractivity (Wildman–Crippen MR) is 124 cm³/mol. The van der Waals surface area contributed by atoms with Crippen LogP contribution in [0.2, 0.25) is 0 Å². The topological polar surface area (TPSA) is 40.6 Å². The van der Waals surface area contributed by atoms with E-state index in [1.54, 1.807) is 9.80 Å². The maximum atomic E-state index is 13.4. The molecule has 1 saturated heterocycles. The second-order valence-corrected chi connectivity index (χ2v) is 8.90. The van der Waals surface area contributed by atoms with Gasteiger partial charge in [-0.1, -0.05) is 67.7 Å². The Morgan fingerprint density at radius 1 is 0.966 bits per heavy atom. The third-order valence-corrected chi connectivity index (χ3v) is 6.84. The molecule has 4 rings (SSSR count). The third-order valence-electron chi connectivity index (χ3n) is 5.47. The number of benzene rings is 2. The van der Waals surface area contributed by atoms with Crippen LogP contribution in [-0.4, -0.2) is 22.7 Å². The number of fused-ring (bicyclic) bond motifs is 1. The highest BCUT2D eigenvalue weighted by Gasteiger charge is 2.42. The van der Waals surface area contributed by atoms with Gasteiger partial charge in [0.25, 0.3) is 11.8 Å². The molecule has 0 spiro atoms. The molecule has 0 radical (unpaired) electrons. The Bertz CT molecular complexity index is 1070. The van der Waals surface area contributed by atoms with Crippen LogP contribution < -0.4 is 9.80 Å². The van der Waals surface area contributed by atoms with Crippen molar-refractivity contribution in [2.24, 2.45) is 0 Å². The van der Waals surface area contributed by atoms with Crippen LogP contribution in [0.15, 0.2) is 47.4 Å². The highest BCUT2D eigenvalue weighted by atomic mass is 32.2. The molecule has 2 aliphatic heterocycles. The largest absolute Gasteiger partial charge is 0.308 e. The fraction of sp³-hybridized carbons (Fsp3) is 0.261. The van der Waals surface area contributed by atoms with E-state index in [0.29, 0.717) is 21.3 Å². The number of carbonyl (C=O) groups is 2. The van der Waals surface area contributed by atoms with Crippen molar-refractivity contribution in [2.75, 3.05) is 16.3 Å². The molecule has 2 aliphatic rings. The number of carbonyl (C=O) groups excluding carboxylic acids is 2. The van der Waals surface area contributed by atoms with Gasteiger partial charge in [0.1, 0.15) is 0 Å². The molecule has 2 amide bonds. The first-order chi connectivity index (χ1) is 14.0. The van der Waals surface area contributed by atoms with Crippen molar-refractivity contribution in [3.63, 3.8) is 0 Å². The smallest absolute Gasteiger partial charge is 0.271 e. The Kier molecular flexibility index (Phi) is 5.32. The van der Waals surface area contributed by atoms with E-state index in [1.807, 2.05) is 56.3 Å². The summed E-state index contributed by atoms with van der Waals surface area (Å²) in [7, 11) is 0. The second-order valence-electron chi connectivity index (χ2n) is 7.26. The van der Waals surface area contributed by atoms with Gasteiger partial charge in [-0.2, -0.15) is 0 Å². The monoisotopic (exact) mass is 422 g/mol. The van der Waals surface area contributed by atoms with Gasteiger partial charge in [0.15, 0.2) is 4.32 Å². The van der Waals surface area contributed by atoms with E-state index in [2.05, 4.69) is 6.92 Å². The zero-order valence-electron chi connectivity index (χ0n) is 16.7. The van der Waals surface area contributed by atoms with Crippen LogP contribution in [0, 0.1) is 13.8 Å². The number of hydrogen-bond donors (Lipinski definition) is 0. The number of thioether (sulfide) groups is 1. The molecule has 0 bridgehead atoms. The zero-order chi connectivity index (χ0) is 20.7. The lowest BCUT2D eigenvalue weighted by Gasteiger charge is -2.18. The average Bonchev–Trinajstić information content (AvgIpc) is 3.15. The number of anilines is 2. The molecule has 2 heterocycles. The molecule has 6 heteroatoms. The number of thiocarbonyl (C=S) groups is 1. The molecule has 29 heavy (non-hydrogen) atoms. The fourth-order valence-electron chi connectivity index (χ4n) is 3.74. The number of aryl methyl sites for hydroxylation is 1. The van der Waals surface area contributed by atoms with Gasteiger partial charge in [-0.15, -0.1) is 0 Å². The van der Waals surface area contributed by atoms with Gasteiger partial charge in [-0.25, -0.2) is 0 Å². The van der Waals surface area contributed by atoms with Gasteiger partial charge in [0, 0.05) is 12.1 Å². The van der Waals surface area contributed by atoms with Crippen LogP contribution in [0.3, 0.4) is 0 Å². The number of amides is 2. The maximum absolute atomic E-state index is 13.4. The van der Waals surface area contributed by atoms with Crippen molar-refractivity contribution in [3.05, 3.63) is 64.1 Å². The Hall–Kier alpha value is -2.44. The number of rotatable bonds is 4. The van der Waals surface area contributed by atoms with Gasteiger partial charge in [0.2, 0.25) is 0 Å². The Labute approximate surface area is 180 Å². The van der Waals surface area contributed by atoms with Gasteiger partial charge in [0.05, 0.1) is 21.9 Å². The Morgan fingerprint density at radius 3 is 2.45 bits per heavy atom. The summed E-state index contributed by atoms with van der Waals surface area (Å²) < 4.78 is 0.462. The average molecular weight is 423 g/mol. The molecular formula is C23H22N2O2S2. The minimum Gasteiger partial charge on any atom is -0.308 e. The molecule has 2 aromatic carbocycles. The van der Waals surface area contributed by atoms with Crippen LogP contribution in [-0.2, 0) is 9.59 Å². The van der Waals surface area contributed by atoms with Crippen molar-refractivity contribution in [3.8, 4) is 0 Å². The van der Waals surface area contributed by atoms with Crippen LogP contribution in [0.4, 0.5) is 11.4 Å². The van der Waals surface area contributed by atoms with Gasteiger partial charge in [-0.3, -0.25) is 14.5 Å². The minimum atomic E-state index is -0.218. The van der Waals surface area contributed by atoms with Crippen molar-refractivity contribution in [1.29, 1.82) is 0 Å². The summed E-state index contributed by atoms with van der Waals surface area (Å²) in [5.41, 5.74) is 5.05. The molecule has 148 valence electrons. The fourth-order valence-corrected chi connectivity index (χ4v) is 5.10. The summed E-state index contributed by atoms with van der Waals surface area (Å²) >= 11 is 6.78. The van der Waals surface area contributed by atoms with Crippen LogP contribution in [0.1, 0.15) is 36.5 Å². The molecule has 0 N–H and O–H groups in total. The summed E-state index contributed by atoms with van der Waals surface area (Å²) in [4.78, 5) is 30.5. The van der Waals surface area contributed by atoms with Crippen molar-refractivity contribution in [1.82, 2.24) is 0 Å². The van der Waals surface area contributed by atoms with Gasteiger partial charge in [-0.05, 0) is 43.5 Å². The van der Waals surface area contributed by atoms with Gasteiger partial charge >= 0.3 is 0 Å². The number of hydrogen-bond acceptors (Lipinski definition) is 4. The molecule has 4 nitrogen and oxygen atoms in total. The number of unbranched alkanes of at least 4 members (excludes halogenated alkanes) is 1. The molecule has 0 aromatic heterocycles. The highest BCUT2D eigenvalue weighted by Crippen LogP contribution is 2.46. The zero-order valence-corrected chi connectivity index (χ0v) is 18.3. The molecule has 0 aliphatic carbocycles. The molecule has 2 aromatic rings. The molecule has 1 fully saturated rings. The molecule has 0 saturated carbocycles. The molecule has 0 atom stereocenters. The quantitative estimate of drug-likeness (QED) is 0.500. The standard InChI is InChI=1S/C23H22N2O2S2/c1-4-5-13-24-18-11-7-6-10-16(18)19(21(24)26)20-22(27)25(23(28)29-20)17-12-8-9-14(2)15(17)3/h6-12H,4-5,13H2,1-3H3. The third kappa shape index (κ3) is 3.20. The predicted octanol–water partition coefficient (Wildman–Crippen LogP) is 5.23. The summed E-state index contributed by atoms with van der Waals surface area (Å²) in [6.45, 7) is 6.74. The lowest BCUT2D eigenvalue weighted by Crippen LogP contribution is -2.30. The SMILES string of the molecule is CCCCN1C(=O)C(=C2SC(=S)N(c3cccc(C)c3C)C2=O)c2ccccc21.